The Morgan fingerprint density at radius 1 is 1.21 bits per heavy atom. The van der Waals surface area contributed by atoms with Gasteiger partial charge in [0, 0.05) is 19.1 Å². The number of aliphatic hydroxyl groups is 1. The number of ketones is 1. The van der Waals surface area contributed by atoms with E-state index in [1.54, 1.807) is 18.2 Å². The maximum atomic E-state index is 11.8. The van der Waals surface area contributed by atoms with Gasteiger partial charge in [0.2, 0.25) is 0 Å². The molecule has 1 aliphatic rings. The van der Waals surface area contributed by atoms with E-state index in [9.17, 15) is 9.90 Å². The van der Waals surface area contributed by atoms with E-state index < -0.39 is 6.10 Å². The summed E-state index contributed by atoms with van der Waals surface area (Å²) in [5.74, 6) is 1.76. The average molecular weight is 394 g/mol. The minimum absolute atomic E-state index is 0.0579. The van der Waals surface area contributed by atoms with Crippen LogP contribution >= 0.6 is 0 Å². The fourth-order valence-corrected chi connectivity index (χ4v) is 3.89. The molecule has 0 aliphatic carbocycles. The number of carbonyl (C=O) groups is 1. The number of para-hydroxylation sites is 3. The molecule has 1 atom stereocenters. The lowest BCUT2D eigenvalue weighted by molar-refractivity contribution is 0.0776. The van der Waals surface area contributed by atoms with Crippen LogP contribution in [0.25, 0.3) is 11.0 Å². The third-order valence-electron chi connectivity index (χ3n) is 5.36. The molecular weight excluding hydrogens is 368 g/mol. The van der Waals surface area contributed by atoms with Crippen LogP contribution < -0.4 is 4.74 Å². The highest BCUT2D eigenvalue weighted by atomic mass is 16.5. The lowest BCUT2D eigenvalue weighted by Crippen LogP contribution is -2.26. The van der Waals surface area contributed by atoms with Gasteiger partial charge in [-0.2, -0.15) is 0 Å². The highest BCUT2D eigenvalue weighted by Gasteiger charge is 2.24. The molecule has 1 unspecified atom stereocenters. The molecule has 3 aromatic rings. The van der Waals surface area contributed by atoms with E-state index in [-0.39, 0.29) is 12.4 Å². The van der Waals surface area contributed by atoms with E-state index in [0.717, 1.165) is 42.9 Å². The van der Waals surface area contributed by atoms with Gasteiger partial charge in [0.15, 0.2) is 5.78 Å². The number of fused-ring (bicyclic) bond motifs is 1. The van der Waals surface area contributed by atoms with Crippen LogP contribution in [-0.4, -0.2) is 46.4 Å². The topological polar surface area (TPSA) is 73.6 Å². The van der Waals surface area contributed by atoms with Gasteiger partial charge in [0.1, 0.15) is 24.3 Å². The first kappa shape index (κ1) is 19.6. The van der Waals surface area contributed by atoms with Crippen LogP contribution in [0.4, 0.5) is 0 Å². The smallest absolute Gasteiger partial charge is 0.163 e. The molecule has 1 aliphatic heterocycles. The number of Topliss-reactive ketones (excluding diaryl/α,β-unsaturated/α-hetero) is 1. The Labute approximate surface area is 170 Å². The van der Waals surface area contributed by atoms with Crippen LogP contribution in [0.5, 0.6) is 5.75 Å². The highest BCUT2D eigenvalue weighted by Crippen LogP contribution is 2.29. The second-order valence-corrected chi connectivity index (χ2v) is 7.47. The lowest BCUT2D eigenvalue weighted by Gasteiger charge is -2.24. The third kappa shape index (κ3) is 4.33. The number of aliphatic hydroxyl groups excluding tert-OH is 1. The van der Waals surface area contributed by atoms with Crippen LogP contribution in [0.15, 0.2) is 48.5 Å². The summed E-state index contributed by atoms with van der Waals surface area (Å²) in [7, 11) is 0. The fraction of sp³-hybridized carbons (Fsp3) is 0.391. The first-order chi connectivity index (χ1) is 14.1. The lowest BCUT2D eigenvalue weighted by atomic mass is 9.99. The number of ether oxygens (including phenoxy) is 2. The molecule has 29 heavy (non-hydrogen) atoms. The van der Waals surface area contributed by atoms with Gasteiger partial charge in [-0.3, -0.25) is 4.79 Å². The zero-order valence-corrected chi connectivity index (χ0v) is 16.6. The normalized spacial score (nSPS) is 16.1. The van der Waals surface area contributed by atoms with Gasteiger partial charge < -0.3 is 19.1 Å². The summed E-state index contributed by atoms with van der Waals surface area (Å²) in [5, 5.41) is 10.7. The molecule has 2 heterocycles. The number of benzene rings is 2. The van der Waals surface area contributed by atoms with Crippen molar-refractivity contribution in [2.24, 2.45) is 0 Å². The van der Waals surface area contributed by atoms with Gasteiger partial charge in [-0.15, -0.1) is 0 Å². The quantitative estimate of drug-likeness (QED) is 0.620. The molecule has 4 rings (SSSR count). The number of rotatable bonds is 7. The maximum absolute atomic E-state index is 11.8. The van der Waals surface area contributed by atoms with E-state index in [0.29, 0.717) is 23.8 Å². The molecule has 1 fully saturated rings. The van der Waals surface area contributed by atoms with E-state index in [4.69, 9.17) is 14.5 Å². The van der Waals surface area contributed by atoms with E-state index >= 15 is 0 Å². The molecule has 1 N–H and O–H groups in total. The summed E-state index contributed by atoms with van der Waals surface area (Å²) in [6.07, 6.45) is 1.13. The monoisotopic (exact) mass is 394 g/mol. The van der Waals surface area contributed by atoms with Gasteiger partial charge in [0.05, 0.1) is 23.1 Å². The fourth-order valence-electron chi connectivity index (χ4n) is 3.89. The number of hydrogen-bond donors (Lipinski definition) is 1. The van der Waals surface area contributed by atoms with Crippen molar-refractivity contribution < 1.29 is 19.4 Å². The Morgan fingerprint density at radius 2 is 1.93 bits per heavy atom. The molecular formula is C23H26N2O4. The van der Waals surface area contributed by atoms with Gasteiger partial charge in [-0.25, -0.2) is 4.98 Å². The van der Waals surface area contributed by atoms with Crippen molar-refractivity contribution >= 4 is 16.8 Å². The zero-order valence-electron chi connectivity index (χ0n) is 16.6. The van der Waals surface area contributed by atoms with Gasteiger partial charge in [-0.1, -0.05) is 24.3 Å². The molecule has 0 bridgehead atoms. The molecule has 0 amide bonds. The summed E-state index contributed by atoms with van der Waals surface area (Å²) < 4.78 is 13.4. The van der Waals surface area contributed by atoms with Crippen molar-refractivity contribution in [2.75, 3.05) is 19.8 Å². The minimum Gasteiger partial charge on any atom is -0.490 e. The van der Waals surface area contributed by atoms with Gasteiger partial charge >= 0.3 is 0 Å². The number of nitrogens with zero attached hydrogens (tertiary/aromatic N) is 2. The summed E-state index contributed by atoms with van der Waals surface area (Å²) in [4.78, 5) is 16.6. The molecule has 6 heteroatoms. The van der Waals surface area contributed by atoms with Crippen molar-refractivity contribution in [1.82, 2.24) is 9.55 Å². The Hall–Kier alpha value is -2.70. The maximum Gasteiger partial charge on any atom is 0.163 e. The Bertz CT molecular complexity index is 991. The van der Waals surface area contributed by atoms with Crippen molar-refractivity contribution in [3.63, 3.8) is 0 Å². The first-order valence-corrected chi connectivity index (χ1v) is 10.1. The second kappa shape index (κ2) is 8.76. The summed E-state index contributed by atoms with van der Waals surface area (Å²) >= 11 is 0. The zero-order chi connectivity index (χ0) is 20.2. The van der Waals surface area contributed by atoms with Crippen molar-refractivity contribution in [3.8, 4) is 5.75 Å². The van der Waals surface area contributed by atoms with Crippen LogP contribution in [-0.2, 0) is 11.3 Å². The van der Waals surface area contributed by atoms with E-state index in [1.807, 2.05) is 30.3 Å². The summed E-state index contributed by atoms with van der Waals surface area (Å²) in [6, 6.07) is 15.1. The molecule has 0 saturated carbocycles. The van der Waals surface area contributed by atoms with Crippen LogP contribution in [0.1, 0.15) is 41.9 Å². The molecule has 1 aromatic heterocycles. The van der Waals surface area contributed by atoms with Crippen molar-refractivity contribution in [3.05, 3.63) is 59.9 Å². The van der Waals surface area contributed by atoms with Crippen LogP contribution in [0.2, 0.25) is 0 Å². The van der Waals surface area contributed by atoms with Crippen LogP contribution in [0, 0.1) is 0 Å². The van der Waals surface area contributed by atoms with E-state index in [1.165, 1.54) is 6.92 Å². The second-order valence-electron chi connectivity index (χ2n) is 7.47. The van der Waals surface area contributed by atoms with Crippen LogP contribution in [0.3, 0.4) is 0 Å². The molecule has 0 radical (unpaired) electrons. The highest BCUT2D eigenvalue weighted by molar-refractivity contribution is 5.96. The number of aromatic nitrogens is 2. The predicted molar refractivity (Wildman–Crippen MR) is 110 cm³/mol. The molecule has 0 spiro atoms. The largest absolute Gasteiger partial charge is 0.490 e. The Morgan fingerprint density at radius 3 is 2.72 bits per heavy atom. The molecule has 6 nitrogen and oxygen atoms in total. The number of hydrogen-bond acceptors (Lipinski definition) is 5. The Kier molecular flexibility index (Phi) is 5.92. The Balaban J connectivity index is 1.53. The van der Waals surface area contributed by atoms with Gasteiger partial charge in [0.25, 0.3) is 0 Å². The molecule has 2 aromatic carbocycles. The number of carbonyl (C=O) groups excluding carboxylic acids is 1. The molecule has 1 saturated heterocycles. The molecule has 152 valence electrons. The standard InChI is InChI=1S/C23H26N2O4/c1-16(26)19-6-2-5-9-22(19)29-15-18(27)14-25-21-8-4-3-7-20(21)24-23(25)17-10-12-28-13-11-17/h2-9,17-18,27H,10-15H2,1H3. The summed E-state index contributed by atoms with van der Waals surface area (Å²) in [6.45, 7) is 3.47. The summed E-state index contributed by atoms with van der Waals surface area (Å²) in [5.41, 5.74) is 2.47. The average Bonchev–Trinajstić information content (AvgIpc) is 3.11. The minimum atomic E-state index is -0.730. The predicted octanol–water partition coefficient (Wildman–Crippen LogP) is 3.57. The van der Waals surface area contributed by atoms with Crippen molar-refractivity contribution in [1.29, 1.82) is 0 Å². The first-order valence-electron chi connectivity index (χ1n) is 10.1. The third-order valence-corrected chi connectivity index (χ3v) is 5.36. The van der Waals surface area contributed by atoms with E-state index in [2.05, 4.69) is 4.57 Å². The van der Waals surface area contributed by atoms with Gasteiger partial charge in [-0.05, 0) is 44.0 Å². The SMILES string of the molecule is CC(=O)c1ccccc1OCC(O)Cn1c(C2CCOCC2)nc2ccccc21. The number of imidazole rings is 1. The van der Waals surface area contributed by atoms with Crippen molar-refractivity contribution in [2.45, 2.75) is 38.3 Å².